The van der Waals surface area contributed by atoms with Gasteiger partial charge in [0.15, 0.2) is 0 Å². The molecule has 4 aromatic heterocycles. The van der Waals surface area contributed by atoms with Crippen molar-refractivity contribution in [3.05, 3.63) is 66.6 Å². The number of piperidine rings is 2. The standard InChI is InChI=1S/C14H15N5.C10H13BN2O2.C4H4ClN3/c15-13-6-16-5-12(18-13)9-1-2-14(17-4-9)19-7-10-3-11(10)8-19;14-11(15)9-1-2-10(12-4-9)13-5-7-3-8(7)6-13;5-3-1-7-2-4(6)8-3/h1-2,4-6,10-11H,3,7-8H2,(H2,15,18);1-2,4,7-8,14-15H,3,5-6H2;1-2H,(H2,6,8). The van der Waals surface area contributed by atoms with Gasteiger partial charge in [-0.2, -0.15) is 0 Å². The van der Waals surface area contributed by atoms with Crippen LogP contribution in [0.5, 0.6) is 0 Å². The summed E-state index contributed by atoms with van der Waals surface area (Å²) in [5.41, 5.74) is 13.0. The maximum atomic E-state index is 8.93. The Hall–Kier alpha value is -4.07. The summed E-state index contributed by atoms with van der Waals surface area (Å²) < 4.78 is 0. The normalized spacial score (nSPS) is 22.6. The molecule has 4 aliphatic rings. The molecular formula is C28H32BClN10O2. The number of nitrogens with two attached hydrogens (primary N) is 2. The summed E-state index contributed by atoms with van der Waals surface area (Å²) in [7, 11) is -1.42. The van der Waals surface area contributed by atoms with Crippen LogP contribution < -0.4 is 26.7 Å². The van der Waals surface area contributed by atoms with Crippen molar-refractivity contribution in [3.8, 4) is 11.3 Å². The lowest BCUT2D eigenvalue weighted by atomic mass is 9.82. The van der Waals surface area contributed by atoms with Gasteiger partial charge < -0.3 is 31.3 Å². The molecule has 2 aliphatic heterocycles. The van der Waals surface area contributed by atoms with Crippen LogP contribution in [-0.2, 0) is 0 Å². The van der Waals surface area contributed by atoms with Gasteiger partial charge in [-0.15, -0.1) is 0 Å². The summed E-state index contributed by atoms with van der Waals surface area (Å²) in [4.78, 5) is 29.0. The number of anilines is 4. The van der Waals surface area contributed by atoms with E-state index in [1.807, 2.05) is 18.3 Å². The third-order valence-corrected chi connectivity index (χ3v) is 8.18. The molecule has 0 amide bonds. The van der Waals surface area contributed by atoms with Crippen LogP contribution in [0.2, 0.25) is 5.15 Å². The Balaban J connectivity index is 0.000000122. The van der Waals surface area contributed by atoms with E-state index in [0.29, 0.717) is 22.3 Å². The summed E-state index contributed by atoms with van der Waals surface area (Å²) >= 11 is 5.39. The molecule has 14 heteroatoms. The monoisotopic (exact) mass is 586 g/mol. The van der Waals surface area contributed by atoms with Crippen LogP contribution in [0.3, 0.4) is 0 Å². The molecule has 6 heterocycles. The fourth-order valence-electron chi connectivity index (χ4n) is 5.51. The molecular weight excluding hydrogens is 555 g/mol. The molecule has 6 N–H and O–H groups in total. The maximum absolute atomic E-state index is 8.93. The summed E-state index contributed by atoms with van der Waals surface area (Å²) in [5.74, 6) is 6.39. The lowest BCUT2D eigenvalue weighted by molar-refractivity contribution is 0.425. The Bertz CT molecular complexity index is 1480. The molecule has 216 valence electrons. The Labute approximate surface area is 249 Å². The first-order valence-corrected chi connectivity index (χ1v) is 14.3. The topological polar surface area (TPSA) is 176 Å². The highest BCUT2D eigenvalue weighted by molar-refractivity contribution is 6.58. The number of pyridine rings is 2. The zero-order valence-corrected chi connectivity index (χ0v) is 23.7. The minimum absolute atomic E-state index is 0.324. The number of nitrogens with zero attached hydrogens (tertiary/aromatic N) is 8. The minimum atomic E-state index is -1.42. The van der Waals surface area contributed by atoms with Gasteiger partial charge in [0.1, 0.15) is 28.4 Å². The smallest absolute Gasteiger partial charge is 0.423 e. The molecule has 4 aromatic rings. The zero-order valence-electron chi connectivity index (χ0n) is 22.9. The van der Waals surface area contributed by atoms with Crippen LogP contribution >= 0.6 is 11.6 Å². The molecule has 0 spiro atoms. The van der Waals surface area contributed by atoms with Gasteiger partial charge in [0.2, 0.25) is 0 Å². The molecule has 8 rings (SSSR count). The number of aromatic nitrogens is 6. The van der Waals surface area contributed by atoms with E-state index in [4.69, 9.17) is 33.1 Å². The SMILES string of the molecule is Nc1cncc(-c2ccc(N3CC4CC4C3)nc2)n1.Nc1cncc(Cl)n1.OB(O)c1ccc(N2CC3CC3C2)nc1. The van der Waals surface area contributed by atoms with Crippen molar-refractivity contribution in [3.63, 3.8) is 0 Å². The third-order valence-electron chi connectivity index (χ3n) is 8.00. The fourth-order valence-corrected chi connectivity index (χ4v) is 5.66. The average Bonchev–Trinajstić information content (AvgIpc) is 3.83. The second kappa shape index (κ2) is 12.0. The van der Waals surface area contributed by atoms with Gasteiger partial charge in [0.25, 0.3) is 0 Å². The second-order valence-corrected chi connectivity index (χ2v) is 11.5. The Kier molecular flexibility index (Phi) is 8.05. The van der Waals surface area contributed by atoms with E-state index in [2.05, 4.69) is 45.8 Å². The lowest BCUT2D eigenvalue weighted by Crippen LogP contribution is -2.31. The van der Waals surface area contributed by atoms with Gasteiger partial charge in [0, 0.05) is 49.6 Å². The van der Waals surface area contributed by atoms with Crippen LogP contribution in [0.1, 0.15) is 12.8 Å². The van der Waals surface area contributed by atoms with E-state index in [1.54, 1.807) is 18.5 Å². The van der Waals surface area contributed by atoms with Crippen LogP contribution in [0.4, 0.5) is 23.3 Å². The molecule has 4 fully saturated rings. The molecule has 4 unspecified atom stereocenters. The van der Waals surface area contributed by atoms with Crippen molar-refractivity contribution in [2.24, 2.45) is 23.7 Å². The van der Waals surface area contributed by atoms with Crippen molar-refractivity contribution in [1.29, 1.82) is 0 Å². The first-order valence-electron chi connectivity index (χ1n) is 13.9. The molecule has 2 saturated heterocycles. The van der Waals surface area contributed by atoms with Crippen molar-refractivity contribution >= 4 is 47.5 Å². The predicted molar refractivity (Wildman–Crippen MR) is 163 cm³/mol. The Morgan fingerprint density at radius 2 is 1.24 bits per heavy atom. The maximum Gasteiger partial charge on any atom is 0.490 e. The first-order chi connectivity index (χ1) is 20.3. The highest BCUT2D eigenvalue weighted by Gasteiger charge is 2.46. The van der Waals surface area contributed by atoms with E-state index in [-0.39, 0.29) is 0 Å². The Morgan fingerprint density at radius 3 is 1.67 bits per heavy atom. The number of hydrogen-bond acceptors (Lipinski definition) is 12. The van der Waals surface area contributed by atoms with Crippen LogP contribution in [-0.4, -0.2) is 73.2 Å². The van der Waals surface area contributed by atoms with Gasteiger partial charge in [-0.25, -0.2) is 19.9 Å². The summed E-state index contributed by atoms with van der Waals surface area (Å²) in [5, 5.41) is 18.2. The molecule has 4 atom stereocenters. The quantitative estimate of drug-likeness (QED) is 0.254. The van der Waals surface area contributed by atoms with Crippen molar-refractivity contribution < 1.29 is 10.0 Å². The number of fused-ring (bicyclic) bond motifs is 2. The molecule has 0 aromatic carbocycles. The van der Waals surface area contributed by atoms with Gasteiger partial charge in [-0.3, -0.25) is 9.97 Å². The molecule has 2 aliphatic carbocycles. The molecule has 42 heavy (non-hydrogen) atoms. The van der Waals surface area contributed by atoms with Crippen LogP contribution in [0.25, 0.3) is 11.3 Å². The van der Waals surface area contributed by atoms with E-state index < -0.39 is 7.12 Å². The molecule has 0 radical (unpaired) electrons. The highest BCUT2D eigenvalue weighted by atomic mass is 35.5. The lowest BCUT2D eigenvalue weighted by Gasteiger charge is -2.18. The van der Waals surface area contributed by atoms with E-state index in [9.17, 15) is 0 Å². The number of halogens is 1. The number of hydrogen-bond donors (Lipinski definition) is 4. The summed E-state index contributed by atoms with van der Waals surface area (Å²) in [6.07, 6.45) is 12.3. The predicted octanol–water partition coefficient (Wildman–Crippen LogP) is 1.51. The van der Waals surface area contributed by atoms with E-state index in [1.165, 1.54) is 31.4 Å². The molecule has 0 bridgehead atoms. The van der Waals surface area contributed by atoms with Crippen molar-refractivity contribution in [2.75, 3.05) is 47.4 Å². The van der Waals surface area contributed by atoms with Gasteiger partial charge in [0.05, 0.1) is 30.5 Å². The highest BCUT2D eigenvalue weighted by Crippen LogP contribution is 2.46. The third kappa shape index (κ3) is 6.86. The van der Waals surface area contributed by atoms with Gasteiger partial charge >= 0.3 is 7.12 Å². The minimum Gasteiger partial charge on any atom is -0.423 e. The fraction of sp³-hybridized carbons (Fsp3) is 0.357. The number of nitrogen functional groups attached to an aromatic ring is 2. The summed E-state index contributed by atoms with van der Waals surface area (Å²) in [6.45, 7) is 4.54. The van der Waals surface area contributed by atoms with E-state index >= 15 is 0 Å². The van der Waals surface area contributed by atoms with Gasteiger partial charge in [-0.05, 0) is 54.7 Å². The second-order valence-electron chi connectivity index (χ2n) is 11.1. The first kappa shape index (κ1) is 28.1. The number of rotatable bonds is 4. The average molecular weight is 587 g/mol. The largest absolute Gasteiger partial charge is 0.490 e. The molecule has 2 saturated carbocycles. The zero-order chi connectivity index (χ0) is 29.2. The van der Waals surface area contributed by atoms with Crippen LogP contribution in [0.15, 0.2) is 61.4 Å². The van der Waals surface area contributed by atoms with Crippen LogP contribution in [0, 0.1) is 23.7 Å². The summed E-state index contributed by atoms with van der Waals surface area (Å²) in [6, 6.07) is 7.68. The Morgan fingerprint density at radius 1 is 0.690 bits per heavy atom. The van der Waals surface area contributed by atoms with Gasteiger partial charge in [-0.1, -0.05) is 17.7 Å². The molecule has 12 nitrogen and oxygen atoms in total. The van der Waals surface area contributed by atoms with Crippen molar-refractivity contribution in [2.45, 2.75) is 12.8 Å². The van der Waals surface area contributed by atoms with Crippen molar-refractivity contribution in [1.82, 2.24) is 29.9 Å². The van der Waals surface area contributed by atoms with E-state index in [0.717, 1.165) is 72.7 Å².